The third kappa shape index (κ3) is 4.37. The Hall–Kier alpha value is -1.76. The molecule has 0 amide bonds. The zero-order valence-corrected chi connectivity index (χ0v) is 14.3. The van der Waals surface area contributed by atoms with Crippen molar-refractivity contribution in [2.24, 2.45) is 0 Å². The van der Waals surface area contributed by atoms with Gasteiger partial charge in [0, 0.05) is 5.02 Å². The van der Waals surface area contributed by atoms with Crippen molar-refractivity contribution in [1.82, 2.24) is 0 Å². The van der Waals surface area contributed by atoms with Gasteiger partial charge in [-0.1, -0.05) is 23.2 Å². The lowest BCUT2D eigenvalue weighted by Gasteiger charge is -2.09. The van der Waals surface area contributed by atoms with Crippen LogP contribution in [0.2, 0.25) is 10.0 Å². The van der Waals surface area contributed by atoms with Crippen molar-refractivity contribution in [2.75, 3.05) is 6.61 Å². The van der Waals surface area contributed by atoms with Crippen molar-refractivity contribution in [3.05, 3.63) is 58.1 Å². The summed E-state index contributed by atoms with van der Waals surface area (Å²) in [5.74, 6) is -0.566. The van der Waals surface area contributed by atoms with E-state index in [2.05, 4.69) is 0 Å². The number of esters is 1. The Bertz CT molecular complexity index is 816. The Labute approximate surface area is 143 Å². The van der Waals surface area contributed by atoms with Gasteiger partial charge in [-0.05, 0) is 49.4 Å². The quantitative estimate of drug-likeness (QED) is 0.585. The molecule has 2 rings (SSSR count). The van der Waals surface area contributed by atoms with Gasteiger partial charge in [0.15, 0.2) is 5.75 Å². The van der Waals surface area contributed by atoms with Crippen LogP contribution >= 0.6 is 23.2 Å². The van der Waals surface area contributed by atoms with Crippen LogP contribution in [0.15, 0.2) is 47.4 Å². The Morgan fingerprint density at radius 1 is 1.09 bits per heavy atom. The fourth-order valence-corrected chi connectivity index (χ4v) is 3.12. The molecule has 8 heteroatoms. The second-order valence-electron chi connectivity index (χ2n) is 4.36. The SMILES string of the molecule is CCOC(=O)c1ccc(S(=O)(=O)Oc2ccc(Cl)cc2Cl)cc1. The highest BCUT2D eigenvalue weighted by molar-refractivity contribution is 7.87. The summed E-state index contributed by atoms with van der Waals surface area (Å²) in [5, 5.41) is 0.433. The molecule has 0 aliphatic heterocycles. The standard InChI is InChI=1S/C15H12Cl2O5S/c1-2-21-15(18)10-3-6-12(7-4-10)23(19,20)22-14-8-5-11(16)9-13(14)17/h3-9H,2H2,1H3. The largest absolute Gasteiger partial charge is 0.462 e. The van der Waals surface area contributed by atoms with Crippen LogP contribution in [0.5, 0.6) is 5.75 Å². The normalized spacial score (nSPS) is 11.1. The molecule has 0 heterocycles. The van der Waals surface area contributed by atoms with Gasteiger partial charge in [0.1, 0.15) is 4.90 Å². The van der Waals surface area contributed by atoms with Crippen molar-refractivity contribution in [3.63, 3.8) is 0 Å². The molecule has 0 radical (unpaired) electrons. The second kappa shape index (κ2) is 7.21. The number of hydrogen-bond donors (Lipinski definition) is 0. The number of hydrogen-bond acceptors (Lipinski definition) is 5. The van der Waals surface area contributed by atoms with Gasteiger partial charge < -0.3 is 8.92 Å². The third-order valence-electron chi connectivity index (χ3n) is 2.75. The number of halogens is 2. The van der Waals surface area contributed by atoms with E-state index in [1.165, 1.54) is 42.5 Å². The van der Waals surface area contributed by atoms with Gasteiger partial charge in [-0.3, -0.25) is 0 Å². The van der Waals surface area contributed by atoms with Crippen LogP contribution in [0.3, 0.4) is 0 Å². The maximum absolute atomic E-state index is 12.2. The van der Waals surface area contributed by atoms with Crippen molar-refractivity contribution < 1.29 is 22.1 Å². The van der Waals surface area contributed by atoms with E-state index in [0.717, 1.165) is 0 Å². The average Bonchev–Trinajstić information content (AvgIpc) is 2.50. The van der Waals surface area contributed by atoms with Gasteiger partial charge in [0.25, 0.3) is 0 Å². The monoisotopic (exact) mass is 374 g/mol. The van der Waals surface area contributed by atoms with E-state index in [-0.39, 0.29) is 27.8 Å². The summed E-state index contributed by atoms with van der Waals surface area (Å²) >= 11 is 11.6. The molecule has 0 saturated carbocycles. The average molecular weight is 375 g/mol. The summed E-state index contributed by atoms with van der Waals surface area (Å²) in [6, 6.07) is 9.39. The summed E-state index contributed by atoms with van der Waals surface area (Å²) in [6.45, 7) is 1.91. The maximum Gasteiger partial charge on any atom is 0.339 e. The molecule has 5 nitrogen and oxygen atoms in total. The molecule has 0 fully saturated rings. The first-order valence-electron chi connectivity index (χ1n) is 6.50. The molecule has 0 saturated heterocycles. The number of ether oxygens (including phenoxy) is 1. The minimum absolute atomic E-state index is 0.0365. The minimum Gasteiger partial charge on any atom is -0.462 e. The molecular weight excluding hydrogens is 363 g/mol. The predicted octanol–water partition coefficient (Wildman–Crippen LogP) is 3.94. The highest BCUT2D eigenvalue weighted by atomic mass is 35.5. The predicted molar refractivity (Wildman–Crippen MR) is 86.7 cm³/mol. The van der Waals surface area contributed by atoms with Crippen LogP contribution in [0.25, 0.3) is 0 Å². The molecule has 2 aromatic rings. The molecule has 2 aromatic carbocycles. The topological polar surface area (TPSA) is 69.7 Å². The van der Waals surface area contributed by atoms with E-state index in [4.69, 9.17) is 32.1 Å². The Morgan fingerprint density at radius 2 is 1.74 bits per heavy atom. The first-order valence-corrected chi connectivity index (χ1v) is 8.66. The first-order chi connectivity index (χ1) is 10.8. The lowest BCUT2D eigenvalue weighted by Crippen LogP contribution is -2.11. The van der Waals surface area contributed by atoms with Crippen molar-refractivity contribution in [1.29, 1.82) is 0 Å². The minimum atomic E-state index is -4.08. The van der Waals surface area contributed by atoms with E-state index >= 15 is 0 Å². The molecule has 0 unspecified atom stereocenters. The van der Waals surface area contributed by atoms with E-state index in [1.54, 1.807) is 6.92 Å². The van der Waals surface area contributed by atoms with Crippen LogP contribution < -0.4 is 4.18 Å². The fourth-order valence-electron chi connectivity index (χ4n) is 1.68. The lowest BCUT2D eigenvalue weighted by molar-refractivity contribution is 0.0526. The van der Waals surface area contributed by atoms with Crippen molar-refractivity contribution in [3.8, 4) is 5.75 Å². The van der Waals surface area contributed by atoms with Crippen LogP contribution in [0, 0.1) is 0 Å². The second-order valence-corrected chi connectivity index (χ2v) is 6.75. The zero-order chi connectivity index (χ0) is 17.0. The number of rotatable bonds is 5. The molecule has 0 atom stereocenters. The summed E-state index contributed by atoms with van der Waals surface area (Å²) in [4.78, 5) is 11.4. The maximum atomic E-state index is 12.2. The van der Waals surface area contributed by atoms with Crippen molar-refractivity contribution >= 4 is 39.3 Å². The zero-order valence-electron chi connectivity index (χ0n) is 12.0. The smallest absolute Gasteiger partial charge is 0.339 e. The number of benzene rings is 2. The van der Waals surface area contributed by atoms with Crippen LogP contribution in [0.4, 0.5) is 0 Å². The van der Waals surface area contributed by atoms with E-state index in [9.17, 15) is 13.2 Å². The molecule has 0 aliphatic carbocycles. The number of carbonyl (C=O) groups is 1. The van der Waals surface area contributed by atoms with Gasteiger partial charge in [-0.15, -0.1) is 0 Å². The molecule has 0 aliphatic rings. The Kier molecular flexibility index (Phi) is 5.51. The van der Waals surface area contributed by atoms with Crippen LogP contribution in [-0.2, 0) is 14.9 Å². The van der Waals surface area contributed by atoms with Crippen LogP contribution in [-0.4, -0.2) is 21.0 Å². The highest BCUT2D eigenvalue weighted by Crippen LogP contribution is 2.30. The molecule has 0 bridgehead atoms. The third-order valence-corrected chi connectivity index (χ3v) is 4.53. The molecular formula is C15H12Cl2O5S. The van der Waals surface area contributed by atoms with Gasteiger partial charge >= 0.3 is 16.1 Å². The van der Waals surface area contributed by atoms with Gasteiger partial charge in [0.2, 0.25) is 0 Å². The molecule has 0 N–H and O–H groups in total. The van der Waals surface area contributed by atoms with E-state index in [1.807, 2.05) is 0 Å². The summed E-state index contributed by atoms with van der Waals surface area (Å²) in [6.07, 6.45) is 0. The Balaban J connectivity index is 2.24. The van der Waals surface area contributed by atoms with Gasteiger partial charge in [-0.2, -0.15) is 8.42 Å². The fraction of sp³-hybridized carbons (Fsp3) is 0.133. The van der Waals surface area contributed by atoms with E-state index in [0.29, 0.717) is 5.02 Å². The van der Waals surface area contributed by atoms with Gasteiger partial charge in [-0.25, -0.2) is 4.79 Å². The summed E-state index contributed by atoms with van der Waals surface area (Å²) in [7, 11) is -4.08. The van der Waals surface area contributed by atoms with Crippen molar-refractivity contribution in [2.45, 2.75) is 11.8 Å². The molecule has 23 heavy (non-hydrogen) atoms. The highest BCUT2D eigenvalue weighted by Gasteiger charge is 2.19. The van der Waals surface area contributed by atoms with Crippen LogP contribution in [0.1, 0.15) is 17.3 Å². The molecule has 122 valence electrons. The summed E-state index contributed by atoms with van der Waals surface area (Å²) < 4.78 is 34.2. The van der Waals surface area contributed by atoms with E-state index < -0.39 is 16.1 Å². The van der Waals surface area contributed by atoms with Gasteiger partial charge in [0.05, 0.1) is 17.2 Å². The molecule has 0 spiro atoms. The lowest BCUT2D eigenvalue weighted by atomic mass is 10.2. The summed E-state index contributed by atoms with van der Waals surface area (Å²) in [5.41, 5.74) is 0.246. The number of carbonyl (C=O) groups excluding carboxylic acids is 1. The Morgan fingerprint density at radius 3 is 2.30 bits per heavy atom. The first kappa shape index (κ1) is 17.6. The molecule has 0 aromatic heterocycles.